The Morgan fingerprint density at radius 1 is 0.857 bits per heavy atom. The van der Waals surface area contributed by atoms with Crippen LogP contribution in [0.5, 0.6) is 0 Å². The molecule has 0 saturated carbocycles. The number of rotatable bonds is 13. The van der Waals surface area contributed by atoms with Gasteiger partial charge in [0.25, 0.3) is 0 Å². The molecule has 0 spiro atoms. The fourth-order valence-electron chi connectivity index (χ4n) is 4.14. The predicted molar refractivity (Wildman–Crippen MR) is 170 cm³/mol. The lowest BCUT2D eigenvalue weighted by Crippen LogP contribution is -2.50. The second-order valence-electron chi connectivity index (χ2n) is 10.1. The van der Waals surface area contributed by atoms with E-state index >= 15 is 0 Å². The number of guanidine groups is 1. The number of hydrogen-bond donors (Lipinski definition) is 13. The van der Waals surface area contributed by atoms with E-state index < -0.39 is 94.4 Å². The average molecular weight is 751 g/mol. The molecule has 2 rings (SSSR count). The van der Waals surface area contributed by atoms with E-state index in [0.29, 0.717) is 0 Å². The third-order valence-corrected chi connectivity index (χ3v) is 9.48. The van der Waals surface area contributed by atoms with Crippen LogP contribution in [0.25, 0.3) is 0 Å². The number of nitrogens with two attached hydrogens (primary N) is 3. The maximum atomic E-state index is 12.2. The van der Waals surface area contributed by atoms with Crippen LogP contribution in [-0.2, 0) is 37.2 Å². The van der Waals surface area contributed by atoms with Crippen LogP contribution in [0.2, 0.25) is 0 Å². The van der Waals surface area contributed by atoms with Gasteiger partial charge < -0.3 is 76.1 Å². The third kappa shape index (κ3) is 15.7. The third-order valence-electron chi connectivity index (χ3n) is 6.64. The first-order chi connectivity index (χ1) is 22.7. The van der Waals surface area contributed by atoms with Crippen molar-refractivity contribution in [3.8, 4) is 0 Å². The van der Waals surface area contributed by atoms with E-state index in [1.807, 2.05) is 0 Å². The molecule has 0 amide bonds. The molecule has 24 heteroatoms. The smallest absolute Gasteiger partial charge is 0.392 e. The van der Waals surface area contributed by atoms with Crippen molar-refractivity contribution in [3.63, 3.8) is 0 Å². The van der Waals surface area contributed by atoms with Crippen LogP contribution in [0.15, 0.2) is 28.1 Å². The van der Waals surface area contributed by atoms with Gasteiger partial charge in [0, 0.05) is 17.9 Å². The number of carbonyl (C=O) groups excluding carboxylic acids is 2. The Labute approximate surface area is 281 Å². The Balaban J connectivity index is 0. The summed E-state index contributed by atoms with van der Waals surface area (Å²) < 4.78 is 44.2. The summed E-state index contributed by atoms with van der Waals surface area (Å²) in [5, 5.41) is 67.7. The topological polar surface area (TPSA) is 405 Å². The number of aliphatic hydroxyl groups is 6. The summed E-state index contributed by atoms with van der Waals surface area (Å²) in [6, 6.07) is -1.42. The van der Waals surface area contributed by atoms with Crippen LogP contribution in [-0.4, -0.2) is 134 Å². The standard InChI is InChI=1S/C12H24N3O7P.C11H22NO7P.2CHNO/c1-3-21-23(19,20)9-4-7(15-12(13)14)6(2)11(22-9)10(18)8(17)5-16;1-3-18-20(16,17)9-4-7(12)6(2)11(19-9)10(15)8(14)5-13;2*2-1-3/h4,6-8,10-11,16-18H,3,5H2,1-2H3,(H,19,20)(H4,13,14,15);4,6-8,10-11,13-15H,3,5,12H2,1-2H3,(H,16,17);2*2H/t2*6-,7+,8-,10-,11-;;/m11../s1. The highest BCUT2D eigenvalue weighted by Gasteiger charge is 2.44. The average Bonchev–Trinajstić information content (AvgIpc) is 3.02. The fraction of sp³-hybridized carbons (Fsp3) is 0.720. The molecule has 0 fully saturated rings. The van der Waals surface area contributed by atoms with Gasteiger partial charge in [0.05, 0.1) is 32.5 Å². The molecule has 2 unspecified atom stereocenters. The first kappa shape index (κ1) is 48.2. The lowest BCUT2D eigenvalue weighted by molar-refractivity contribution is -0.106. The number of ether oxygens (including phenoxy) is 2. The molecule has 0 saturated heterocycles. The van der Waals surface area contributed by atoms with Gasteiger partial charge in [0.2, 0.25) is 23.2 Å². The summed E-state index contributed by atoms with van der Waals surface area (Å²) in [6.07, 6.45) is -4.00. The van der Waals surface area contributed by atoms with Crippen molar-refractivity contribution in [2.24, 2.45) is 34.0 Å². The van der Waals surface area contributed by atoms with Gasteiger partial charge in [0.1, 0.15) is 36.6 Å². The Bertz CT molecular complexity index is 1240. The van der Waals surface area contributed by atoms with E-state index in [0.717, 1.165) is 12.2 Å². The number of aliphatic imine (C=N–C) groups is 1. The highest BCUT2D eigenvalue weighted by Crippen LogP contribution is 2.55. The zero-order valence-electron chi connectivity index (χ0n) is 27.2. The minimum Gasteiger partial charge on any atom is -0.479 e. The van der Waals surface area contributed by atoms with Gasteiger partial charge in [-0.3, -0.25) is 9.13 Å². The quantitative estimate of drug-likeness (QED) is 0.0396. The van der Waals surface area contributed by atoms with Crippen molar-refractivity contribution in [3.05, 3.63) is 23.2 Å². The van der Waals surface area contributed by atoms with Crippen LogP contribution >= 0.6 is 15.2 Å². The maximum absolute atomic E-state index is 12.2. The summed E-state index contributed by atoms with van der Waals surface area (Å²) in [7, 11) is -8.40. The molecule has 2 aliphatic heterocycles. The molecule has 0 aromatic heterocycles. The SMILES string of the molecule is CCOP(=O)(O)C1=C[C@H](N)[C@@H](C)[C@H]([C@H](O)[C@H](O)CO)O1.CCOP(=O)(O)C1=C[C@H](N=C(N)N)[C@@H](C)[C@H]([C@H](O)[C@H](O)CO)O1.N=C=O.N=C=O. The molecule has 22 nitrogen and oxygen atoms in total. The minimum atomic E-state index is -4.26. The molecule has 49 heavy (non-hydrogen) atoms. The van der Waals surface area contributed by atoms with Crippen LogP contribution in [0.1, 0.15) is 27.7 Å². The van der Waals surface area contributed by atoms with Crippen LogP contribution in [0.3, 0.4) is 0 Å². The predicted octanol–water partition coefficient (Wildman–Crippen LogP) is -2.63. The number of nitrogens with one attached hydrogen (secondary N) is 2. The molecular weight excluding hydrogens is 702 g/mol. The normalized spacial score (nSPS) is 27.6. The van der Waals surface area contributed by atoms with E-state index in [-0.39, 0.29) is 24.7 Å². The van der Waals surface area contributed by atoms with Crippen molar-refractivity contribution in [1.29, 1.82) is 10.8 Å². The monoisotopic (exact) mass is 750 g/mol. The zero-order valence-corrected chi connectivity index (χ0v) is 29.0. The Morgan fingerprint density at radius 2 is 1.20 bits per heavy atom. The molecule has 2 heterocycles. The molecule has 12 atom stereocenters. The van der Waals surface area contributed by atoms with E-state index in [9.17, 15) is 39.3 Å². The van der Waals surface area contributed by atoms with E-state index in [1.165, 1.54) is 19.1 Å². The molecule has 0 aromatic rings. The minimum absolute atomic E-state index is 0.00571. The molecule has 284 valence electrons. The number of hydrogen-bond acceptors (Lipinski definition) is 18. The van der Waals surface area contributed by atoms with Crippen molar-refractivity contribution in [2.75, 3.05) is 26.4 Å². The maximum Gasteiger partial charge on any atom is 0.392 e. The van der Waals surface area contributed by atoms with Gasteiger partial charge in [-0.15, -0.1) is 0 Å². The lowest BCUT2D eigenvalue weighted by atomic mass is 9.89. The van der Waals surface area contributed by atoms with Crippen molar-refractivity contribution in [2.45, 2.75) is 76.4 Å². The second-order valence-corrected chi connectivity index (χ2v) is 13.6. The van der Waals surface area contributed by atoms with Gasteiger partial charge >= 0.3 is 15.2 Å². The summed E-state index contributed by atoms with van der Waals surface area (Å²) in [5.74, 6) is -1.21. The van der Waals surface area contributed by atoms with Crippen LogP contribution in [0.4, 0.5) is 0 Å². The van der Waals surface area contributed by atoms with Gasteiger partial charge in [-0.1, -0.05) is 13.8 Å². The van der Waals surface area contributed by atoms with Gasteiger partial charge in [-0.2, -0.15) is 0 Å². The Kier molecular flexibility index (Phi) is 23.2. The zero-order chi connectivity index (χ0) is 38.7. The first-order valence-corrected chi connectivity index (χ1v) is 17.5. The van der Waals surface area contributed by atoms with Gasteiger partial charge in [0.15, 0.2) is 5.96 Å². The number of isocyanates is 2. The van der Waals surface area contributed by atoms with E-state index in [4.69, 9.17) is 66.3 Å². The largest absolute Gasteiger partial charge is 0.479 e. The second kappa shape index (κ2) is 23.5. The van der Waals surface area contributed by atoms with Crippen molar-refractivity contribution >= 4 is 33.3 Å². The molecular formula is C25H48N6O16P2. The number of aliphatic hydroxyl groups excluding tert-OH is 6. The molecule has 16 N–H and O–H groups in total. The summed E-state index contributed by atoms with van der Waals surface area (Å²) in [5.41, 5.74) is 15.8. The molecule has 2 aliphatic rings. The van der Waals surface area contributed by atoms with Crippen LogP contribution < -0.4 is 17.2 Å². The summed E-state index contributed by atoms with van der Waals surface area (Å²) >= 11 is 0. The summed E-state index contributed by atoms with van der Waals surface area (Å²) in [6.45, 7) is 4.98. The Morgan fingerprint density at radius 3 is 1.53 bits per heavy atom. The Hall–Kier alpha value is -2.87. The summed E-state index contributed by atoms with van der Waals surface area (Å²) in [4.78, 5) is 40.3. The first-order valence-electron chi connectivity index (χ1n) is 14.3. The van der Waals surface area contributed by atoms with Gasteiger partial charge in [-0.05, 0) is 26.0 Å². The van der Waals surface area contributed by atoms with E-state index in [2.05, 4.69) is 4.99 Å². The molecule has 0 bridgehead atoms. The number of nitrogens with zero attached hydrogens (tertiary/aromatic N) is 1. The molecule has 0 aliphatic carbocycles. The highest BCUT2D eigenvalue weighted by atomic mass is 31.2. The van der Waals surface area contributed by atoms with Crippen LogP contribution in [0, 0.1) is 22.7 Å². The molecule has 0 radical (unpaired) electrons. The van der Waals surface area contributed by atoms with Gasteiger partial charge in [-0.25, -0.2) is 25.4 Å². The van der Waals surface area contributed by atoms with Crippen molar-refractivity contribution in [1.82, 2.24) is 0 Å². The highest BCUT2D eigenvalue weighted by molar-refractivity contribution is 7.57. The van der Waals surface area contributed by atoms with E-state index in [1.54, 1.807) is 20.8 Å². The lowest BCUT2D eigenvalue weighted by Gasteiger charge is -2.38. The molecule has 0 aromatic carbocycles. The fourth-order valence-corrected chi connectivity index (χ4v) is 6.31. The van der Waals surface area contributed by atoms with Crippen molar-refractivity contribution < 1.29 is 77.7 Å².